The molecule has 0 aliphatic carbocycles. The molecule has 0 fully saturated rings. The van der Waals surface area contributed by atoms with Crippen LogP contribution in [0, 0.1) is 0 Å². The Kier molecular flexibility index (Phi) is 4.99. The molecule has 3 heteroatoms. The van der Waals surface area contributed by atoms with Gasteiger partial charge in [0.15, 0.2) is 0 Å². The van der Waals surface area contributed by atoms with Crippen LogP contribution in [0.2, 0.25) is 0 Å². The Hall–Kier alpha value is -1.35. The fraction of sp³-hybridized carbons (Fsp3) is 0.462. The second-order valence-corrected chi connectivity index (χ2v) is 3.63. The molecule has 1 aromatic carbocycles. The van der Waals surface area contributed by atoms with E-state index >= 15 is 0 Å². The molecular formula is C13H18O3. The number of ether oxygens (including phenoxy) is 2. The van der Waals surface area contributed by atoms with E-state index in [1.165, 1.54) is 7.11 Å². The van der Waals surface area contributed by atoms with Crippen molar-refractivity contribution in [2.24, 2.45) is 0 Å². The summed E-state index contributed by atoms with van der Waals surface area (Å²) in [7, 11) is 3.10. The predicted octanol–water partition coefficient (Wildman–Crippen LogP) is 2.50. The zero-order valence-corrected chi connectivity index (χ0v) is 10.0. The average Bonchev–Trinajstić information content (AvgIpc) is 2.32. The Morgan fingerprint density at radius 3 is 2.31 bits per heavy atom. The monoisotopic (exact) mass is 222 g/mol. The van der Waals surface area contributed by atoms with Crippen molar-refractivity contribution >= 4 is 5.97 Å². The molecule has 3 nitrogen and oxygen atoms in total. The zero-order valence-electron chi connectivity index (χ0n) is 10.0. The Morgan fingerprint density at radius 2 is 1.88 bits per heavy atom. The molecule has 88 valence electrons. The molecule has 0 amide bonds. The summed E-state index contributed by atoms with van der Waals surface area (Å²) < 4.78 is 9.95. The number of esters is 1. The first-order valence-corrected chi connectivity index (χ1v) is 5.39. The molecule has 0 saturated carbocycles. The van der Waals surface area contributed by atoms with Crippen LogP contribution in [0.3, 0.4) is 0 Å². The Bertz CT molecular complexity index is 326. The molecule has 0 radical (unpaired) electrons. The third-order valence-corrected chi connectivity index (χ3v) is 2.58. The van der Waals surface area contributed by atoms with Crippen LogP contribution in [0.15, 0.2) is 24.3 Å². The molecule has 16 heavy (non-hydrogen) atoms. The van der Waals surface area contributed by atoms with Crippen LogP contribution < -0.4 is 0 Å². The summed E-state index contributed by atoms with van der Waals surface area (Å²) in [6.07, 6.45) is 1.39. The fourth-order valence-electron chi connectivity index (χ4n) is 1.63. The minimum Gasteiger partial charge on any atom is -0.469 e. The maximum absolute atomic E-state index is 11.1. The lowest BCUT2D eigenvalue weighted by Crippen LogP contribution is -2.05. The zero-order chi connectivity index (χ0) is 12.0. The van der Waals surface area contributed by atoms with E-state index in [-0.39, 0.29) is 12.1 Å². The van der Waals surface area contributed by atoms with Gasteiger partial charge < -0.3 is 9.47 Å². The van der Waals surface area contributed by atoms with Crippen molar-refractivity contribution in [2.75, 3.05) is 14.2 Å². The first-order chi connectivity index (χ1) is 7.71. The Balaban J connectivity index is 2.70. The molecule has 1 unspecified atom stereocenters. The molecule has 0 heterocycles. The van der Waals surface area contributed by atoms with Crippen molar-refractivity contribution in [2.45, 2.75) is 25.9 Å². The third kappa shape index (κ3) is 3.35. The lowest BCUT2D eigenvalue weighted by atomic mass is 10.0. The van der Waals surface area contributed by atoms with Gasteiger partial charge in [0.2, 0.25) is 0 Å². The van der Waals surface area contributed by atoms with Gasteiger partial charge in [-0.1, -0.05) is 31.2 Å². The highest BCUT2D eigenvalue weighted by Gasteiger charge is 2.08. The minimum atomic E-state index is -0.216. The number of methoxy groups -OCH3 is 2. The van der Waals surface area contributed by atoms with Crippen LogP contribution in [0.5, 0.6) is 0 Å². The lowest BCUT2D eigenvalue weighted by Gasteiger charge is -2.13. The average molecular weight is 222 g/mol. The van der Waals surface area contributed by atoms with E-state index in [4.69, 9.17) is 4.74 Å². The molecule has 0 aromatic heterocycles. The summed E-state index contributed by atoms with van der Waals surface area (Å²) >= 11 is 0. The van der Waals surface area contributed by atoms with Gasteiger partial charge >= 0.3 is 5.97 Å². The van der Waals surface area contributed by atoms with Gasteiger partial charge in [0.25, 0.3) is 0 Å². The van der Waals surface area contributed by atoms with Gasteiger partial charge in [-0.3, -0.25) is 4.79 Å². The van der Waals surface area contributed by atoms with Crippen molar-refractivity contribution in [3.8, 4) is 0 Å². The Labute approximate surface area is 96.4 Å². The van der Waals surface area contributed by atoms with E-state index in [1.54, 1.807) is 7.11 Å². The van der Waals surface area contributed by atoms with Crippen LogP contribution in [0.1, 0.15) is 30.6 Å². The number of rotatable bonds is 5. The molecule has 0 spiro atoms. The summed E-state index contributed by atoms with van der Waals surface area (Å²) in [4.78, 5) is 11.1. The van der Waals surface area contributed by atoms with Gasteiger partial charge in [-0.15, -0.1) is 0 Å². The number of hydrogen-bond acceptors (Lipinski definition) is 3. The second kappa shape index (κ2) is 6.28. The number of hydrogen-bond donors (Lipinski definition) is 0. The summed E-state index contributed by atoms with van der Waals surface area (Å²) in [6, 6.07) is 7.87. The van der Waals surface area contributed by atoms with Crippen LogP contribution in [-0.4, -0.2) is 20.2 Å². The number of benzene rings is 1. The highest BCUT2D eigenvalue weighted by Crippen LogP contribution is 2.20. The SMILES string of the molecule is CCC(OC)c1ccc(CC(=O)OC)cc1. The summed E-state index contributed by atoms with van der Waals surface area (Å²) in [5.74, 6) is -0.216. The molecule has 0 aliphatic heterocycles. The van der Waals surface area contributed by atoms with Crippen molar-refractivity contribution in [3.63, 3.8) is 0 Å². The molecule has 0 saturated heterocycles. The minimum absolute atomic E-state index is 0.132. The normalized spacial score (nSPS) is 12.2. The Morgan fingerprint density at radius 1 is 1.25 bits per heavy atom. The maximum atomic E-state index is 11.1. The molecule has 0 aliphatic rings. The van der Waals surface area contributed by atoms with Gasteiger partial charge in [-0.25, -0.2) is 0 Å². The first kappa shape index (κ1) is 12.7. The van der Waals surface area contributed by atoms with Gasteiger partial charge in [0, 0.05) is 7.11 Å². The molecule has 1 aromatic rings. The smallest absolute Gasteiger partial charge is 0.309 e. The highest BCUT2D eigenvalue weighted by atomic mass is 16.5. The van der Waals surface area contributed by atoms with Gasteiger partial charge in [-0.2, -0.15) is 0 Å². The van der Waals surface area contributed by atoms with Crippen molar-refractivity contribution in [1.82, 2.24) is 0 Å². The quantitative estimate of drug-likeness (QED) is 0.718. The van der Waals surface area contributed by atoms with E-state index in [1.807, 2.05) is 24.3 Å². The lowest BCUT2D eigenvalue weighted by molar-refractivity contribution is -0.139. The topological polar surface area (TPSA) is 35.5 Å². The van der Waals surface area contributed by atoms with Crippen LogP contribution in [0.4, 0.5) is 0 Å². The second-order valence-electron chi connectivity index (χ2n) is 3.63. The van der Waals surface area contributed by atoms with Crippen molar-refractivity contribution in [1.29, 1.82) is 0 Å². The van der Waals surface area contributed by atoms with Crippen LogP contribution in [0.25, 0.3) is 0 Å². The van der Waals surface area contributed by atoms with E-state index < -0.39 is 0 Å². The summed E-state index contributed by atoms with van der Waals surface area (Å²) in [5.41, 5.74) is 2.10. The maximum Gasteiger partial charge on any atom is 0.309 e. The van der Waals surface area contributed by atoms with E-state index in [0.29, 0.717) is 6.42 Å². The number of carbonyl (C=O) groups excluding carboxylic acids is 1. The van der Waals surface area contributed by atoms with Crippen molar-refractivity contribution < 1.29 is 14.3 Å². The van der Waals surface area contributed by atoms with E-state index in [2.05, 4.69) is 11.7 Å². The molecule has 1 atom stereocenters. The summed E-state index contributed by atoms with van der Waals surface area (Å²) in [5, 5.41) is 0. The van der Waals surface area contributed by atoms with Gasteiger partial charge in [0.1, 0.15) is 0 Å². The standard InChI is InChI=1S/C13H18O3/c1-4-12(15-2)11-7-5-10(6-8-11)9-13(14)16-3/h5-8,12H,4,9H2,1-3H3. The fourth-order valence-corrected chi connectivity index (χ4v) is 1.63. The third-order valence-electron chi connectivity index (χ3n) is 2.58. The van der Waals surface area contributed by atoms with Gasteiger partial charge in [0.05, 0.1) is 19.6 Å². The van der Waals surface area contributed by atoms with Crippen molar-refractivity contribution in [3.05, 3.63) is 35.4 Å². The van der Waals surface area contributed by atoms with Crippen LogP contribution in [-0.2, 0) is 20.7 Å². The predicted molar refractivity (Wildman–Crippen MR) is 62.2 cm³/mol. The van der Waals surface area contributed by atoms with Crippen LogP contribution >= 0.6 is 0 Å². The molecular weight excluding hydrogens is 204 g/mol. The molecule has 0 N–H and O–H groups in total. The largest absolute Gasteiger partial charge is 0.469 e. The van der Waals surface area contributed by atoms with Gasteiger partial charge in [-0.05, 0) is 17.5 Å². The highest BCUT2D eigenvalue weighted by molar-refractivity contribution is 5.72. The van der Waals surface area contributed by atoms with E-state index in [0.717, 1.165) is 17.5 Å². The molecule has 0 bridgehead atoms. The molecule has 1 rings (SSSR count). The first-order valence-electron chi connectivity index (χ1n) is 5.39. The number of carbonyl (C=O) groups is 1. The summed E-state index contributed by atoms with van der Waals surface area (Å²) in [6.45, 7) is 2.08. The van der Waals surface area contributed by atoms with E-state index in [9.17, 15) is 4.79 Å².